The van der Waals surface area contributed by atoms with Crippen LogP contribution in [-0.2, 0) is 6.54 Å². The van der Waals surface area contributed by atoms with Gasteiger partial charge in [-0.2, -0.15) is 5.26 Å². The van der Waals surface area contributed by atoms with Crippen LogP contribution >= 0.6 is 0 Å². The van der Waals surface area contributed by atoms with Crippen molar-refractivity contribution in [1.82, 2.24) is 19.7 Å². The fourth-order valence-corrected chi connectivity index (χ4v) is 2.96. The van der Waals surface area contributed by atoms with E-state index in [4.69, 9.17) is 5.26 Å². The zero-order chi connectivity index (χ0) is 18.1. The Hall–Kier alpha value is -3.79. The topological polar surface area (TPSA) is 87.4 Å². The molecular weight excluding hydrogens is 333 g/mol. The molecule has 4 aromatic rings. The molecule has 0 aliphatic carbocycles. The number of nitrogens with zero attached hydrogens (tertiary/aromatic N) is 4. The first-order valence-corrected chi connectivity index (χ1v) is 7.85. The molecule has 6 nitrogen and oxygen atoms in total. The number of hydrogen-bond acceptors (Lipinski definition) is 4. The molecule has 0 aliphatic heterocycles. The molecule has 26 heavy (non-hydrogen) atoms. The molecule has 0 saturated heterocycles. The van der Waals surface area contributed by atoms with Crippen LogP contribution in [0.5, 0.6) is 0 Å². The number of nitrogens with one attached hydrogen (secondary N) is 1. The summed E-state index contributed by atoms with van der Waals surface area (Å²) in [7, 11) is 0. The minimum absolute atomic E-state index is 0.0636. The standard InChI is InChI=1S/C19H12FN5O/c20-13-7-5-12(6-8-13)19-18(14-3-1-2-4-15(14)23-19)16(26)10-25-11-22-24-17(25)9-21/h1-8,11,23H,10H2. The number of fused-ring (bicyclic) bond motifs is 1. The highest BCUT2D eigenvalue weighted by molar-refractivity contribution is 6.13. The Morgan fingerprint density at radius 3 is 2.73 bits per heavy atom. The predicted molar refractivity (Wildman–Crippen MR) is 92.8 cm³/mol. The zero-order valence-corrected chi connectivity index (χ0v) is 13.5. The molecule has 2 heterocycles. The first kappa shape index (κ1) is 15.7. The largest absolute Gasteiger partial charge is 0.354 e. The number of ketones is 1. The van der Waals surface area contributed by atoms with Crippen molar-refractivity contribution >= 4 is 16.7 Å². The third-order valence-corrected chi connectivity index (χ3v) is 4.15. The number of aromatic nitrogens is 4. The molecule has 0 amide bonds. The lowest BCUT2D eigenvalue weighted by atomic mass is 10.0. The lowest BCUT2D eigenvalue weighted by Crippen LogP contribution is -2.12. The molecule has 0 aliphatic rings. The monoisotopic (exact) mass is 345 g/mol. The van der Waals surface area contributed by atoms with Gasteiger partial charge in [0.25, 0.3) is 0 Å². The molecule has 7 heteroatoms. The van der Waals surface area contributed by atoms with Gasteiger partial charge in [0.1, 0.15) is 18.2 Å². The van der Waals surface area contributed by atoms with E-state index in [1.54, 1.807) is 12.1 Å². The van der Waals surface area contributed by atoms with E-state index >= 15 is 0 Å². The summed E-state index contributed by atoms with van der Waals surface area (Å²) in [5.41, 5.74) is 2.61. The van der Waals surface area contributed by atoms with Crippen molar-refractivity contribution in [2.75, 3.05) is 0 Å². The van der Waals surface area contributed by atoms with E-state index in [-0.39, 0.29) is 24.0 Å². The molecule has 2 aromatic heterocycles. The van der Waals surface area contributed by atoms with Crippen LogP contribution < -0.4 is 0 Å². The maximum Gasteiger partial charge on any atom is 0.235 e. The van der Waals surface area contributed by atoms with Crippen LogP contribution in [0.15, 0.2) is 54.9 Å². The van der Waals surface area contributed by atoms with Crippen molar-refractivity contribution in [2.45, 2.75) is 6.54 Å². The Balaban J connectivity index is 1.85. The Morgan fingerprint density at radius 2 is 1.96 bits per heavy atom. The number of carbonyl (C=O) groups excluding carboxylic acids is 1. The Labute approximate surface area is 147 Å². The lowest BCUT2D eigenvalue weighted by Gasteiger charge is -2.06. The highest BCUT2D eigenvalue weighted by Gasteiger charge is 2.20. The van der Waals surface area contributed by atoms with E-state index in [0.29, 0.717) is 16.8 Å². The number of H-pyrrole nitrogens is 1. The quantitative estimate of drug-likeness (QED) is 0.575. The zero-order valence-electron chi connectivity index (χ0n) is 13.5. The van der Waals surface area contributed by atoms with Gasteiger partial charge in [-0.05, 0) is 35.9 Å². The number of Topliss-reactive ketones (excluding diaryl/α,β-unsaturated/α-hetero) is 1. The average Bonchev–Trinajstić information content (AvgIpc) is 3.26. The normalized spacial score (nSPS) is 10.8. The SMILES string of the molecule is N#Cc1nncn1CC(=O)c1c(-c2ccc(F)cc2)[nH]c2ccccc12. The Morgan fingerprint density at radius 1 is 1.19 bits per heavy atom. The molecule has 126 valence electrons. The molecule has 1 N–H and O–H groups in total. The molecule has 0 radical (unpaired) electrons. The van der Waals surface area contributed by atoms with Crippen molar-refractivity contribution < 1.29 is 9.18 Å². The van der Waals surface area contributed by atoms with Crippen LogP contribution in [-0.4, -0.2) is 25.5 Å². The third-order valence-electron chi connectivity index (χ3n) is 4.15. The van der Waals surface area contributed by atoms with Crippen LogP contribution in [0.3, 0.4) is 0 Å². The summed E-state index contributed by atoms with van der Waals surface area (Å²) in [6.45, 7) is -0.0636. The summed E-state index contributed by atoms with van der Waals surface area (Å²) in [4.78, 5) is 16.3. The molecule has 0 fully saturated rings. The highest BCUT2D eigenvalue weighted by Crippen LogP contribution is 2.31. The number of aromatic amines is 1. The molecular formula is C19H12FN5O. The third kappa shape index (κ3) is 2.63. The molecule has 0 bridgehead atoms. The van der Waals surface area contributed by atoms with Crippen LogP contribution in [0.4, 0.5) is 4.39 Å². The van der Waals surface area contributed by atoms with Gasteiger partial charge in [-0.1, -0.05) is 18.2 Å². The van der Waals surface area contributed by atoms with Gasteiger partial charge in [0.2, 0.25) is 5.82 Å². The summed E-state index contributed by atoms with van der Waals surface area (Å²) in [6.07, 6.45) is 1.35. The molecule has 0 unspecified atom stereocenters. The maximum atomic E-state index is 13.3. The second-order valence-electron chi connectivity index (χ2n) is 5.74. The first-order valence-electron chi connectivity index (χ1n) is 7.85. The molecule has 2 aromatic carbocycles. The second kappa shape index (κ2) is 6.26. The predicted octanol–water partition coefficient (Wildman–Crippen LogP) is 3.32. The number of para-hydroxylation sites is 1. The first-order chi connectivity index (χ1) is 12.7. The molecule has 0 atom stereocenters. The Bertz CT molecular complexity index is 1150. The molecule has 0 saturated carbocycles. The number of rotatable bonds is 4. The van der Waals surface area contributed by atoms with Gasteiger partial charge in [-0.3, -0.25) is 9.36 Å². The van der Waals surface area contributed by atoms with Gasteiger partial charge in [-0.15, -0.1) is 10.2 Å². The average molecular weight is 345 g/mol. The maximum absolute atomic E-state index is 13.3. The van der Waals surface area contributed by atoms with Crippen molar-refractivity contribution in [1.29, 1.82) is 5.26 Å². The number of nitriles is 1. The van der Waals surface area contributed by atoms with E-state index < -0.39 is 0 Å². The van der Waals surface area contributed by atoms with Crippen molar-refractivity contribution in [3.05, 3.63) is 72.1 Å². The summed E-state index contributed by atoms with van der Waals surface area (Å²) in [6, 6.07) is 15.3. The van der Waals surface area contributed by atoms with Crippen LogP contribution in [0.2, 0.25) is 0 Å². The van der Waals surface area contributed by atoms with Crippen molar-refractivity contribution in [3.63, 3.8) is 0 Å². The highest BCUT2D eigenvalue weighted by atomic mass is 19.1. The summed E-state index contributed by atoms with van der Waals surface area (Å²) >= 11 is 0. The van der Waals surface area contributed by atoms with E-state index in [9.17, 15) is 9.18 Å². The number of benzene rings is 2. The van der Waals surface area contributed by atoms with Gasteiger partial charge in [-0.25, -0.2) is 4.39 Å². The smallest absolute Gasteiger partial charge is 0.235 e. The van der Waals surface area contributed by atoms with Crippen molar-refractivity contribution in [3.8, 4) is 17.3 Å². The molecule has 0 spiro atoms. The van der Waals surface area contributed by atoms with E-state index in [1.165, 1.54) is 23.0 Å². The number of hydrogen-bond donors (Lipinski definition) is 1. The number of halogens is 1. The van der Waals surface area contributed by atoms with Gasteiger partial charge in [0.15, 0.2) is 5.78 Å². The summed E-state index contributed by atoms with van der Waals surface area (Å²) in [5, 5.41) is 17.2. The fraction of sp³-hybridized carbons (Fsp3) is 0.0526. The van der Waals surface area contributed by atoms with Crippen LogP contribution in [0.1, 0.15) is 16.2 Å². The van der Waals surface area contributed by atoms with E-state index in [1.807, 2.05) is 30.3 Å². The van der Waals surface area contributed by atoms with Crippen LogP contribution in [0.25, 0.3) is 22.2 Å². The number of carbonyl (C=O) groups is 1. The fourth-order valence-electron chi connectivity index (χ4n) is 2.96. The van der Waals surface area contributed by atoms with E-state index in [0.717, 1.165) is 10.9 Å². The molecule has 4 rings (SSSR count). The summed E-state index contributed by atoms with van der Waals surface area (Å²) in [5.74, 6) is -0.472. The second-order valence-corrected chi connectivity index (χ2v) is 5.74. The summed E-state index contributed by atoms with van der Waals surface area (Å²) < 4.78 is 14.7. The van der Waals surface area contributed by atoms with Gasteiger partial charge >= 0.3 is 0 Å². The minimum Gasteiger partial charge on any atom is -0.354 e. The van der Waals surface area contributed by atoms with Gasteiger partial charge in [0, 0.05) is 10.9 Å². The van der Waals surface area contributed by atoms with Gasteiger partial charge in [0.05, 0.1) is 17.8 Å². The minimum atomic E-state index is -0.346. The van der Waals surface area contributed by atoms with E-state index in [2.05, 4.69) is 15.2 Å². The van der Waals surface area contributed by atoms with Crippen LogP contribution in [0, 0.1) is 17.1 Å². The Kier molecular flexibility index (Phi) is 3.78. The lowest BCUT2D eigenvalue weighted by molar-refractivity contribution is 0.0974. The van der Waals surface area contributed by atoms with Gasteiger partial charge < -0.3 is 4.98 Å². The van der Waals surface area contributed by atoms with Crippen molar-refractivity contribution in [2.24, 2.45) is 0 Å².